The minimum atomic E-state index is -0.812. The van der Waals surface area contributed by atoms with Gasteiger partial charge >= 0.3 is 5.97 Å². The summed E-state index contributed by atoms with van der Waals surface area (Å²) in [6, 6.07) is 6.42. The molecule has 0 aromatic heterocycles. The molecule has 1 saturated carbocycles. The van der Waals surface area contributed by atoms with Crippen LogP contribution in [0.2, 0.25) is 0 Å². The van der Waals surface area contributed by atoms with Gasteiger partial charge in [-0.3, -0.25) is 28.9 Å². The van der Waals surface area contributed by atoms with Gasteiger partial charge in [0, 0.05) is 18.3 Å². The molecule has 3 aliphatic rings. The summed E-state index contributed by atoms with van der Waals surface area (Å²) in [5, 5.41) is 5.16. The fourth-order valence-electron chi connectivity index (χ4n) is 4.48. The monoisotopic (exact) mass is 411 g/mol. The average molecular weight is 411 g/mol. The summed E-state index contributed by atoms with van der Waals surface area (Å²) < 4.78 is 4.93. The highest BCUT2D eigenvalue weighted by molar-refractivity contribution is 6.08. The molecule has 1 heterocycles. The van der Waals surface area contributed by atoms with Crippen LogP contribution in [0.5, 0.6) is 0 Å². The molecule has 0 spiro atoms. The summed E-state index contributed by atoms with van der Waals surface area (Å²) in [5.74, 6) is -2.85. The standard InChI is InChI=1S/C21H21N3O6/c1-11(25)22-14-4-6-15(7-5-14)23-16(26)10-30-17(27)9-24-20(28)18-12-2-3-13(8-12)19(18)21(24)29/h2-7,12-13,18-19H,8-10H2,1H3,(H,22,25)(H,23,26)/t12-,13-,18-,19-/m0/s1. The number of anilines is 2. The van der Waals surface area contributed by atoms with Gasteiger partial charge in [-0.05, 0) is 42.5 Å². The van der Waals surface area contributed by atoms with Crippen molar-refractivity contribution in [1.82, 2.24) is 4.90 Å². The lowest BCUT2D eigenvalue weighted by Crippen LogP contribution is -2.38. The third-order valence-corrected chi connectivity index (χ3v) is 5.70. The Balaban J connectivity index is 1.25. The van der Waals surface area contributed by atoms with Crippen LogP contribution in [0.3, 0.4) is 0 Å². The van der Waals surface area contributed by atoms with Gasteiger partial charge in [-0.1, -0.05) is 12.2 Å². The van der Waals surface area contributed by atoms with Crippen LogP contribution < -0.4 is 10.6 Å². The van der Waals surface area contributed by atoms with Crippen LogP contribution in [0.4, 0.5) is 11.4 Å². The topological polar surface area (TPSA) is 122 Å². The number of nitrogens with zero attached hydrogens (tertiary/aromatic N) is 1. The molecule has 2 bridgehead atoms. The average Bonchev–Trinajstić information content (AvgIpc) is 3.38. The summed E-state index contributed by atoms with van der Waals surface area (Å²) in [5.41, 5.74) is 1.05. The number of likely N-dealkylation sites (tertiary alicyclic amines) is 1. The summed E-state index contributed by atoms with van der Waals surface area (Å²) in [4.78, 5) is 61.1. The third kappa shape index (κ3) is 3.70. The quantitative estimate of drug-likeness (QED) is 0.408. The van der Waals surface area contributed by atoms with E-state index in [1.54, 1.807) is 24.3 Å². The molecule has 9 nitrogen and oxygen atoms in total. The Kier molecular flexibility index (Phi) is 5.11. The van der Waals surface area contributed by atoms with Crippen molar-refractivity contribution in [2.75, 3.05) is 23.8 Å². The zero-order chi connectivity index (χ0) is 21.4. The maximum absolute atomic E-state index is 12.6. The van der Waals surface area contributed by atoms with Crippen molar-refractivity contribution in [3.8, 4) is 0 Å². The van der Waals surface area contributed by atoms with Gasteiger partial charge in [-0.2, -0.15) is 0 Å². The van der Waals surface area contributed by atoms with E-state index in [-0.39, 0.29) is 41.4 Å². The number of carbonyl (C=O) groups excluding carboxylic acids is 5. The van der Waals surface area contributed by atoms with E-state index >= 15 is 0 Å². The fourth-order valence-corrected chi connectivity index (χ4v) is 4.48. The van der Waals surface area contributed by atoms with Crippen LogP contribution in [-0.2, 0) is 28.7 Å². The molecule has 0 unspecified atom stereocenters. The third-order valence-electron chi connectivity index (χ3n) is 5.70. The van der Waals surface area contributed by atoms with Crippen LogP contribution in [-0.4, -0.2) is 47.6 Å². The van der Waals surface area contributed by atoms with Crippen LogP contribution in [0, 0.1) is 23.7 Å². The number of esters is 1. The van der Waals surface area contributed by atoms with Crippen molar-refractivity contribution < 1.29 is 28.7 Å². The van der Waals surface area contributed by atoms with Gasteiger partial charge in [0.2, 0.25) is 17.7 Å². The SMILES string of the molecule is CC(=O)Nc1ccc(NC(=O)COC(=O)CN2C(=O)[C@@H]3[C@@H](C2=O)[C@H]2C=C[C@H]3C2)cc1. The summed E-state index contributed by atoms with van der Waals surface area (Å²) in [6.07, 6.45) is 4.77. The number of hydrogen-bond acceptors (Lipinski definition) is 6. The first-order valence-corrected chi connectivity index (χ1v) is 9.70. The van der Waals surface area contributed by atoms with Gasteiger partial charge < -0.3 is 15.4 Å². The molecule has 9 heteroatoms. The summed E-state index contributed by atoms with van der Waals surface area (Å²) >= 11 is 0. The summed E-state index contributed by atoms with van der Waals surface area (Å²) in [6.45, 7) is 0.367. The van der Waals surface area contributed by atoms with E-state index in [2.05, 4.69) is 10.6 Å². The lowest BCUT2D eigenvalue weighted by Gasteiger charge is -2.16. The van der Waals surface area contributed by atoms with Gasteiger partial charge in [-0.15, -0.1) is 0 Å². The molecule has 1 aromatic carbocycles. The second kappa shape index (κ2) is 7.74. The zero-order valence-electron chi connectivity index (χ0n) is 16.3. The molecule has 30 heavy (non-hydrogen) atoms. The number of benzene rings is 1. The van der Waals surface area contributed by atoms with Gasteiger partial charge in [0.15, 0.2) is 6.61 Å². The lowest BCUT2D eigenvalue weighted by molar-refractivity contribution is -0.154. The Morgan fingerprint density at radius 2 is 1.50 bits per heavy atom. The molecule has 2 N–H and O–H groups in total. The minimum absolute atomic E-state index is 0.0697. The van der Waals surface area contributed by atoms with E-state index in [0.717, 1.165) is 11.3 Å². The van der Waals surface area contributed by atoms with Crippen LogP contribution in [0.1, 0.15) is 13.3 Å². The van der Waals surface area contributed by atoms with E-state index in [0.29, 0.717) is 11.4 Å². The van der Waals surface area contributed by atoms with Gasteiger partial charge in [-0.25, -0.2) is 0 Å². The zero-order valence-corrected chi connectivity index (χ0v) is 16.3. The molecular weight excluding hydrogens is 390 g/mol. The molecule has 4 atom stereocenters. The number of imide groups is 1. The fraction of sp³-hybridized carbons (Fsp3) is 0.381. The highest BCUT2D eigenvalue weighted by Gasteiger charge is 2.59. The van der Waals surface area contributed by atoms with Crippen LogP contribution in [0.25, 0.3) is 0 Å². The second-order valence-electron chi connectivity index (χ2n) is 7.73. The minimum Gasteiger partial charge on any atom is -0.454 e. The van der Waals surface area contributed by atoms with E-state index < -0.39 is 25.0 Å². The number of allylic oxidation sites excluding steroid dienone is 2. The number of fused-ring (bicyclic) bond motifs is 5. The van der Waals surface area contributed by atoms with Gasteiger partial charge in [0.25, 0.3) is 5.91 Å². The first-order valence-electron chi connectivity index (χ1n) is 9.70. The molecule has 4 rings (SSSR count). The molecule has 0 radical (unpaired) electrons. The molecule has 1 aliphatic heterocycles. The van der Waals surface area contributed by atoms with Crippen molar-refractivity contribution in [2.45, 2.75) is 13.3 Å². The van der Waals surface area contributed by atoms with Gasteiger partial charge in [0.1, 0.15) is 6.54 Å². The molecule has 1 aromatic rings. The number of carbonyl (C=O) groups is 5. The molecular formula is C21H21N3O6. The first-order chi connectivity index (χ1) is 14.3. The predicted octanol–water partition coefficient (Wildman–Crippen LogP) is 0.934. The second-order valence-corrected chi connectivity index (χ2v) is 7.73. The Morgan fingerprint density at radius 1 is 0.967 bits per heavy atom. The lowest BCUT2D eigenvalue weighted by atomic mass is 9.85. The molecule has 2 aliphatic carbocycles. The van der Waals surface area contributed by atoms with Crippen molar-refractivity contribution in [3.63, 3.8) is 0 Å². The van der Waals surface area contributed by atoms with Crippen LogP contribution >= 0.6 is 0 Å². The highest BCUT2D eigenvalue weighted by atomic mass is 16.5. The Morgan fingerprint density at radius 3 is 2.03 bits per heavy atom. The maximum Gasteiger partial charge on any atom is 0.326 e. The van der Waals surface area contributed by atoms with E-state index in [4.69, 9.17) is 4.74 Å². The number of hydrogen-bond donors (Lipinski definition) is 2. The van der Waals surface area contributed by atoms with Crippen LogP contribution in [0.15, 0.2) is 36.4 Å². The Labute approximate surface area is 172 Å². The first kappa shape index (κ1) is 19.8. The number of nitrogens with one attached hydrogen (secondary N) is 2. The molecule has 2 fully saturated rings. The largest absolute Gasteiger partial charge is 0.454 e. The van der Waals surface area contributed by atoms with Crippen molar-refractivity contribution in [2.24, 2.45) is 23.7 Å². The molecule has 1 saturated heterocycles. The maximum atomic E-state index is 12.6. The van der Waals surface area contributed by atoms with Crippen molar-refractivity contribution in [3.05, 3.63) is 36.4 Å². The highest BCUT2D eigenvalue weighted by Crippen LogP contribution is 2.52. The number of amides is 4. The smallest absolute Gasteiger partial charge is 0.326 e. The Bertz CT molecular complexity index is 924. The number of rotatable bonds is 6. The van der Waals surface area contributed by atoms with E-state index in [1.165, 1.54) is 6.92 Å². The number of ether oxygens (including phenoxy) is 1. The van der Waals surface area contributed by atoms with Gasteiger partial charge in [0.05, 0.1) is 11.8 Å². The molecule has 156 valence electrons. The van der Waals surface area contributed by atoms with Crippen molar-refractivity contribution in [1.29, 1.82) is 0 Å². The molecule has 4 amide bonds. The summed E-state index contributed by atoms with van der Waals surface area (Å²) in [7, 11) is 0. The van der Waals surface area contributed by atoms with Crippen molar-refractivity contribution >= 4 is 41.0 Å². The Hall–Kier alpha value is -3.49. The normalized spacial score (nSPS) is 26.0. The predicted molar refractivity (Wildman–Crippen MR) is 105 cm³/mol. The van der Waals surface area contributed by atoms with E-state index in [1.807, 2.05) is 12.2 Å². The van der Waals surface area contributed by atoms with E-state index in [9.17, 15) is 24.0 Å².